The molecular formula is C13H18F3NO2. The average molecular weight is 277 g/mol. The van der Waals surface area contributed by atoms with E-state index in [0.717, 1.165) is 6.07 Å². The predicted octanol–water partition coefficient (Wildman–Crippen LogP) is 2.36. The number of hydrogen-bond acceptors (Lipinski definition) is 3. The molecule has 0 aliphatic rings. The van der Waals surface area contributed by atoms with Crippen LogP contribution in [-0.4, -0.2) is 31.5 Å². The molecule has 0 heterocycles. The van der Waals surface area contributed by atoms with E-state index in [9.17, 15) is 13.2 Å². The molecule has 3 nitrogen and oxygen atoms in total. The molecule has 2 N–H and O–H groups in total. The van der Waals surface area contributed by atoms with Gasteiger partial charge in [0.25, 0.3) is 0 Å². The number of aliphatic hydroxyl groups excluding tert-OH is 1. The highest BCUT2D eigenvalue weighted by Gasteiger charge is 2.34. The van der Waals surface area contributed by atoms with Crippen molar-refractivity contribution >= 4 is 0 Å². The SMILES string of the molecule is COCC(CO)NC(C)c1ccccc1C(F)(F)F. The Morgan fingerprint density at radius 1 is 1.32 bits per heavy atom. The molecule has 2 atom stereocenters. The number of rotatable bonds is 6. The van der Waals surface area contributed by atoms with E-state index in [1.807, 2.05) is 0 Å². The van der Waals surface area contributed by atoms with E-state index < -0.39 is 23.8 Å². The zero-order valence-corrected chi connectivity index (χ0v) is 10.9. The Morgan fingerprint density at radius 3 is 2.47 bits per heavy atom. The largest absolute Gasteiger partial charge is 0.416 e. The van der Waals surface area contributed by atoms with Gasteiger partial charge in [-0.1, -0.05) is 18.2 Å². The summed E-state index contributed by atoms with van der Waals surface area (Å²) < 4.78 is 43.5. The fraction of sp³-hybridized carbons (Fsp3) is 0.538. The summed E-state index contributed by atoms with van der Waals surface area (Å²) in [6.45, 7) is 1.66. The summed E-state index contributed by atoms with van der Waals surface area (Å²) in [6, 6.07) is 4.47. The molecule has 2 unspecified atom stereocenters. The van der Waals surface area contributed by atoms with Crippen molar-refractivity contribution < 1.29 is 23.0 Å². The molecule has 0 saturated carbocycles. The maximum absolute atomic E-state index is 12.9. The van der Waals surface area contributed by atoms with E-state index in [1.165, 1.54) is 19.2 Å². The lowest BCUT2D eigenvalue weighted by Gasteiger charge is -2.24. The van der Waals surface area contributed by atoms with Crippen LogP contribution in [0.15, 0.2) is 24.3 Å². The second-order valence-corrected chi connectivity index (χ2v) is 4.31. The third-order valence-electron chi connectivity index (χ3n) is 2.81. The normalized spacial score (nSPS) is 15.3. The Morgan fingerprint density at radius 2 is 1.95 bits per heavy atom. The highest BCUT2D eigenvalue weighted by atomic mass is 19.4. The van der Waals surface area contributed by atoms with Crippen molar-refractivity contribution in [3.8, 4) is 0 Å². The lowest BCUT2D eigenvalue weighted by atomic mass is 10.0. The first-order chi connectivity index (χ1) is 8.90. The van der Waals surface area contributed by atoms with Crippen molar-refractivity contribution in [2.24, 2.45) is 0 Å². The Hall–Kier alpha value is -1.11. The van der Waals surface area contributed by atoms with Gasteiger partial charge in [0.2, 0.25) is 0 Å². The van der Waals surface area contributed by atoms with Crippen molar-refractivity contribution in [2.75, 3.05) is 20.3 Å². The second kappa shape index (κ2) is 6.88. The zero-order chi connectivity index (χ0) is 14.5. The molecule has 1 aromatic carbocycles. The molecule has 6 heteroatoms. The van der Waals surface area contributed by atoms with Crippen LogP contribution in [0.25, 0.3) is 0 Å². The molecule has 108 valence electrons. The topological polar surface area (TPSA) is 41.5 Å². The van der Waals surface area contributed by atoms with Crippen LogP contribution in [0, 0.1) is 0 Å². The van der Waals surface area contributed by atoms with Gasteiger partial charge in [0.15, 0.2) is 0 Å². The third kappa shape index (κ3) is 4.49. The minimum Gasteiger partial charge on any atom is -0.395 e. The van der Waals surface area contributed by atoms with Gasteiger partial charge in [-0.05, 0) is 18.6 Å². The number of ether oxygens (including phenoxy) is 1. The van der Waals surface area contributed by atoms with Gasteiger partial charge in [-0.2, -0.15) is 13.2 Å². The van der Waals surface area contributed by atoms with Crippen molar-refractivity contribution in [2.45, 2.75) is 25.2 Å². The number of nitrogens with one attached hydrogen (secondary N) is 1. The van der Waals surface area contributed by atoms with Crippen LogP contribution in [0.1, 0.15) is 24.1 Å². The first-order valence-electron chi connectivity index (χ1n) is 5.92. The van der Waals surface area contributed by atoms with Gasteiger partial charge in [-0.3, -0.25) is 0 Å². The van der Waals surface area contributed by atoms with E-state index in [0.29, 0.717) is 0 Å². The van der Waals surface area contributed by atoms with Gasteiger partial charge in [0.1, 0.15) is 0 Å². The van der Waals surface area contributed by atoms with Gasteiger partial charge in [0, 0.05) is 13.2 Å². The molecule has 0 radical (unpaired) electrons. The zero-order valence-electron chi connectivity index (χ0n) is 10.9. The summed E-state index contributed by atoms with van der Waals surface area (Å²) >= 11 is 0. The number of halogens is 3. The first-order valence-corrected chi connectivity index (χ1v) is 5.92. The van der Waals surface area contributed by atoms with Gasteiger partial charge in [-0.25, -0.2) is 0 Å². The van der Waals surface area contributed by atoms with Crippen molar-refractivity contribution in [1.82, 2.24) is 5.32 Å². The van der Waals surface area contributed by atoms with Crippen LogP contribution in [-0.2, 0) is 10.9 Å². The molecule has 0 fully saturated rings. The van der Waals surface area contributed by atoms with Crippen LogP contribution in [0.2, 0.25) is 0 Å². The highest BCUT2D eigenvalue weighted by Crippen LogP contribution is 2.34. The molecule has 0 saturated heterocycles. The van der Waals surface area contributed by atoms with Crippen LogP contribution in [0.4, 0.5) is 13.2 Å². The molecule has 0 aliphatic heterocycles. The summed E-state index contributed by atoms with van der Waals surface area (Å²) in [4.78, 5) is 0. The maximum Gasteiger partial charge on any atom is 0.416 e. The Balaban J connectivity index is 2.90. The van der Waals surface area contributed by atoms with Crippen LogP contribution >= 0.6 is 0 Å². The third-order valence-corrected chi connectivity index (χ3v) is 2.81. The summed E-state index contributed by atoms with van der Waals surface area (Å²) in [5.41, 5.74) is -0.506. The molecule has 1 aromatic rings. The van der Waals surface area contributed by atoms with Crippen molar-refractivity contribution in [1.29, 1.82) is 0 Å². The predicted molar refractivity (Wildman–Crippen MR) is 65.7 cm³/mol. The fourth-order valence-electron chi connectivity index (χ4n) is 1.93. The van der Waals surface area contributed by atoms with Crippen molar-refractivity contribution in [3.63, 3.8) is 0 Å². The van der Waals surface area contributed by atoms with Gasteiger partial charge in [0.05, 0.1) is 24.8 Å². The van der Waals surface area contributed by atoms with Crippen LogP contribution < -0.4 is 5.32 Å². The number of benzene rings is 1. The second-order valence-electron chi connectivity index (χ2n) is 4.31. The summed E-state index contributed by atoms with van der Waals surface area (Å²) in [5, 5.41) is 12.0. The molecular weight excluding hydrogens is 259 g/mol. The Labute approximate surface area is 110 Å². The minimum absolute atomic E-state index is 0.157. The lowest BCUT2D eigenvalue weighted by molar-refractivity contribution is -0.138. The van der Waals surface area contributed by atoms with E-state index in [4.69, 9.17) is 9.84 Å². The maximum atomic E-state index is 12.9. The minimum atomic E-state index is -4.39. The molecule has 0 amide bonds. The number of alkyl halides is 3. The molecule has 0 bridgehead atoms. The number of hydrogen-bond donors (Lipinski definition) is 2. The van der Waals surface area contributed by atoms with E-state index in [2.05, 4.69) is 5.32 Å². The summed E-state index contributed by atoms with van der Waals surface area (Å²) in [6.07, 6.45) is -4.39. The van der Waals surface area contributed by atoms with Gasteiger partial charge >= 0.3 is 6.18 Å². The fourth-order valence-corrected chi connectivity index (χ4v) is 1.93. The molecule has 0 aromatic heterocycles. The lowest BCUT2D eigenvalue weighted by Crippen LogP contribution is -2.38. The quantitative estimate of drug-likeness (QED) is 0.838. The number of methoxy groups -OCH3 is 1. The standard InChI is InChI=1S/C13H18F3NO2/c1-9(17-10(7-18)8-19-2)11-5-3-4-6-12(11)13(14,15)16/h3-6,9-10,17-18H,7-8H2,1-2H3. The first kappa shape index (κ1) is 15.9. The van der Waals surface area contributed by atoms with Gasteiger partial charge in [-0.15, -0.1) is 0 Å². The van der Waals surface area contributed by atoms with Crippen molar-refractivity contribution in [3.05, 3.63) is 35.4 Å². The van der Waals surface area contributed by atoms with E-state index in [-0.39, 0.29) is 18.8 Å². The Kier molecular flexibility index (Phi) is 5.78. The van der Waals surface area contributed by atoms with Crippen LogP contribution in [0.3, 0.4) is 0 Å². The average Bonchev–Trinajstić information content (AvgIpc) is 2.37. The van der Waals surface area contributed by atoms with E-state index in [1.54, 1.807) is 13.0 Å². The molecule has 1 rings (SSSR count). The Bertz CT molecular complexity index is 396. The molecule has 0 aliphatic carbocycles. The molecule has 0 spiro atoms. The highest BCUT2D eigenvalue weighted by molar-refractivity contribution is 5.32. The summed E-state index contributed by atoms with van der Waals surface area (Å²) in [7, 11) is 1.47. The van der Waals surface area contributed by atoms with Gasteiger partial charge < -0.3 is 15.2 Å². The number of aliphatic hydroxyl groups is 1. The van der Waals surface area contributed by atoms with Crippen LogP contribution in [0.5, 0.6) is 0 Å². The molecule has 19 heavy (non-hydrogen) atoms. The van der Waals surface area contributed by atoms with E-state index >= 15 is 0 Å². The smallest absolute Gasteiger partial charge is 0.395 e. The monoisotopic (exact) mass is 277 g/mol. The summed E-state index contributed by atoms with van der Waals surface area (Å²) in [5.74, 6) is 0.